The lowest BCUT2D eigenvalue weighted by Gasteiger charge is -2.32. The zero-order valence-electron chi connectivity index (χ0n) is 11.6. The number of hydrogen-bond donors (Lipinski definition) is 1. The van der Waals surface area contributed by atoms with E-state index in [4.69, 9.17) is 0 Å². The SMILES string of the molecule is CCNCC1CCCCC1CCCC(C)C. The second kappa shape index (κ2) is 8.11. The lowest BCUT2D eigenvalue weighted by atomic mass is 9.76. The van der Waals surface area contributed by atoms with Crippen molar-refractivity contribution < 1.29 is 0 Å². The van der Waals surface area contributed by atoms with Crippen LogP contribution in [0.5, 0.6) is 0 Å². The van der Waals surface area contributed by atoms with Crippen molar-refractivity contribution >= 4 is 0 Å². The molecule has 0 aromatic carbocycles. The highest BCUT2D eigenvalue weighted by Crippen LogP contribution is 2.33. The molecule has 0 saturated heterocycles. The van der Waals surface area contributed by atoms with Crippen LogP contribution in [0.3, 0.4) is 0 Å². The van der Waals surface area contributed by atoms with E-state index in [-0.39, 0.29) is 0 Å². The van der Waals surface area contributed by atoms with Gasteiger partial charge in [0.05, 0.1) is 0 Å². The summed E-state index contributed by atoms with van der Waals surface area (Å²) >= 11 is 0. The smallest absolute Gasteiger partial charge is 0.00180 e. The molecular weight excluding hydrogens is 194 g/mol. The van der Waals surface area contributed by atoms with Gasteiger partial charge in [0.25, 0.3) is 0 Å². The molecule has 0 aliphatic heterocycles. The quantitative estimate of drug-likeness (QED) is 0.684. The van der Waals surface area contributed by atoms with Crippen LogP contribution in [0.4, 0.5) is 0 Å². The average molecular weight is 225 g/mol. The molecule has 1 saturated carbocycles. The van der Waals surface area contributed by atoms with Gasteiger partial charge >= 0.3 is 0 Å². The first-order valence-corrected chi connectivity index (χ1v) is 7.44. The molecule has 0 aromatic rings. The predicted molar refractivity (Wildman–Crippen MR) is 72.7 cm³/mol. The van der Waals surface area contributed by atoms with Gasteiger partial charge in [0.1, 0.15) is 0 Å². The molecule has 2 unspecified atom stereocenters. The normalized spacial score (nSPS) is 26.2. The maximum atomic E-state index is 3.55. The predicted octanol–water partition coefficient (Wildman–Crippen LogP) is 4.23. The standard InChI is InChI=1S/C15H31N/c1-4-16-12-15-10-6-5-9-14(15)11-7-8-13(2)3/h13-16H,4-12H2,1-3H3. The van der Waals surface area contributed by atoms with Crippen LogP contribution in [0.25, 0.3) is 0 Å². The molecule has 0 aromatic heterocycles. The lowest BCUT2D eigenvalue weighted by molar-refractivity contribution is 0.212. The Morgan fingerprint density at radius 2 is 1.81 bits per heavy atom. The van der Waals surface area contributed by atoms with Gasteiger partial charge in [-0.2, -0.15) is 0 Å². The molecule has 1 rings (SSSR count). The monoisotopic (exact) mass is 225 g/mol. The molecule has 1 heteroatoms. The molecular formula is C15H31N. The minimum Gasteiger partial charge on any atom is -0.317 e. The highest BCUT2D eigenvalue weighted by Gasteiger charge is 2.23. The van der Waals surface area contributed by atoms with E-state index < -0.39 is 0 Å². The van der Waals surface area contributed by atoms with Crippen molar-refractivity contribution in [2.45, 2.75) is 65.7 Å². The van der Waals surface area contributed by atoms with E-state index >= 15 is 0 Å². The molecule has 16 heavy (non-hydrogen) atoms. The highest BCUT2D eigenvalue weighted by molar-refractivity contribution is 4.77. The van der Waals surface area contributed by atoms with Crippen LogP contribution >= 0.6 is 0 Å². The summed E-state index contributed by atoms with van der Waals surface area (Å²) in [6.07, 6.45) is 10.3. The molecule has 0 amide bonds. The van der Waals surface area contributed by atoms with Crippen LogP contribution < -0.4 is 5.32 Å². The summed E-state index contributed by atoms with van der Waals surface area (Å²) in [5.41, 5.74) is 0. The maximum Gasteiger partial charge on any atom is -0.00180 e. The molecule has 0 bridgehead atoms. The molecule has 1 N–H and O–H groups in total. The Balaban J connectivity index is 2.23. The van der Waals surface area contributed by atoms with Gasteiger partial charge in [0.2, 0.25) is 0 Å². The molecule has 0 spiro atoms. The van der Waals surface area contributed by atoms with Gasteiger partial charge in [-0.25, -0.2) is 0 Å². The van der Waals surface area contributed by atoms with Crippen molar-refractivity contribution in [3.8, 4) is 0 Å². The van der Waals surface area contributed by atoms with Gasteiger partial charge in [-0.15, -0.1) is 0 Å². The van der Waals surface area contributed by atoms with E-state index in [1.807, 2.05) is 0 Å². The Morgan fingerprint density at radius 1 is 1.12 bits per heavy atom. The lowest BCUT2D eigenvalue weighted by Crippen LogP contribution is -2.30. The third kappa shape index (κ3) is 5.34. The number of nitrogens with one attached hydrogen (secondary N) is 1. The van der Waals surface area contributed by atoms with E-state index in [2.05, 4.69) is 26.1 Å². The van der Waals surface area contributed by atoms with E-state index in [9.17, 15) is 0 Å². The Kier molecular flexibility index (Phi) is 7.11. The topological polar surface area (TPSA) is 12.0 Å². The Bertz CT molecular complexity index is 165. The van der Waals surface area contributed by atoms with E-state index in [1.54, 1.807) is 0 Å². The minimum absolute atomic E-state index is 0.885. The summed E-state index contributed by atoms with van der Waals surface area (Å²) < 4.78 is 0. The molecule has 1 aliphatic carbocycles. The van der Waals surface area contributed by atoms with Gasteiger partial charge in [-0.1, -0.05) is 59.3 Å². The van der Waals surface area contributed by atoms with Crippen molar-refractivity contribution in [1.82, 2.24) is 5.32 Å². The maximum absolute atomic E-state index is 3.55. The largest absolute Gasteiger partial charge is 0.317 e. The van der Waals surface area contributed by atoms with Gasteiger partial charge < -0.3 is 5.32 Å². The zero-order chi connectivity index (χ0) is 11.8. The summed E-state index contributed by atoms with van der Waals surface area (Å²) in [5.74, 6) is 2.88. The molecule has 0 radical (unpaired) electrons. The van der Waals surface area contributed by atoms with Gasteiger partial charge in [-0.3, -0.25) is 0 Å². The molecule has 1 aliphatic rings. The van der Waals surface area contributed by atoms with E-state index in [1.165, 1.54) is 51.5 Å². The van der Waals surface area contributed by atoms with Gasteiger partial charge in [0.15, 0.2) is 0 Å². The van der Waals surface area contributed by atoms with E-state index in [0.717, 1.165) is 24.3 Å². The van der Waals surface area contributed by atoms with Crippen molar-refractivity contribution in [2.75, 3.05) is 13.1 Å². The Hall–Kier alpha value is -0.0400. The van der Waals surface area contributed by atoms with Crippen LogP contribution in [0.2, 0.25) is 0 Å². The second-order valence-electron chi connectivity index (χ2n) is 5.94. The first-order chi connectivity index (χ1) is 7.74. The average Bonchev–Trinajstić information content (AvgIpc) is 2.27. The first-order valence-electron chi connectivity index (χ1n) is 7.44. The minimum atomic E-state index is 0.885. The van der Waals surface area contributed by atoms with Crippen LogP contribution in [0, 0.1) is 17.8 Å². The van der Waals surface area contributed by atoms with Crippen molar-refractivity contribution in [3.63, 3.8) is 0 Å². The fourth-order valence-corrected chi connectivity index (χ4v) is 3.05. The van der Waals surface area contributed by atoms with Crippen LogP contribution in [0.15, 0.2) is 0 Å². The number of rotatable bonds is 7. The summed E-state index contributed by atoms with van der Waals surface area (Å²) in [4.78, 5) is 0. The second-order valence-corrected chi connectivity index (χ2v) is 5.94. The van der Waals surface area contributed by atoms with Crippen molar-refractivity contribution in [3.05, 3.63) is 0 Å². The molecule has 2 atom stereocenters. The van der Waals surface area contributed by atoms with Gasteiger partial charge in [-0.05, 0) is 37.3 Å². The summed E-state index contributed by atoms with van der Waals surface area (Å²) in [6, 6.07) is 0. The highest BCUT2D eigenvalue weighted by atomic mass is 14.8. The van der Waals surface area contributed by atoms with E-state index in [0.29, 0.717) is 0 Å². The van der Waals surface area contributed by atoms with Crippen molar-refractivity contribution in [1.29, 1.82) is 0 Å². The van der Waals surface area contributed by atoms with Crippen LogP contribution in [-0.4, -0.2) is 13.1 Å². The number of hydrogen-bond acceptors (Lipinski definition) is 1. The zero-order valence-corrected chi connectivity index (χ0v) is 11.6. The van der Waals surface area contributed by atoms with Gasteiger partial charge in [0, 0.05) is 0 Å². The molecule has 0 heterocycles. The fourth-order valence-electron chi connectivity index (χ4n) is 3.05. The molecule has 1 fully saturated rings. The van der Waals surface area contributed by atoms with Crippen LogP contribution in [0.1, 0.15) is 65.7 Å². The fraction of sp³-hybridized carbons (Fsp3) is 1.00. The van der Waals surface area contributed by atoms with Crippen molar-refractivity contribution in [2.24, 2.45) is 17.8 Å². The molecule has 1 nitrogen and oxygen atoms in total. The summed E-state index contributed by atoms with van der Waals surface area (Å²) in [5, 5.41) is 3.55. The third-order valence-electron chi connectivity index (χ3n) is 4.08. The first kappa shape index (κ1) is 14.0. The van der Waals surface area contributed by atoms with Crippen LogP contribution in [-0.2, 0) is 0 Å². The molecule has 96 valence electrons. The Morgan fingerprint density at radius 3 is 2.44 bits per heavy atom. The third-order valence-corrected chi connectivity index (χ3v) is 4.08. The summed E-state index contributed by atoms with van der Waals surface area (Å²) in [7, 11) is 0. The summed E-state index contributed by atoms with van der Waals surface area (Å²) in [6.45, 7) is 9.31. The Labute approximate surface area is 102 Å².